The lowest BCUT2D eigenvalue weighted by Crippen LogP contribution is -2.39. The molecule has 0 N–H and O–H groups in total. The first-order valence-corrected chi connectivity index (χ1v) is 5.70. The number of nitro benzene ring substituents is 1. The molecule has 0 bridgehead atoms. The Labute approximate surface area is 112 Å². The third-order valence-electron chi connectivity index (χ3n) is 3.48. The molecule has 20 heavy (non-hydrogen) atoms. The van der Waals surface area contributed by atoms with E-state index in [1.807, 2.05) is 0 Å². The summed E-state index contributed by atoms with van der Waals surface area (Å²) in [5.74, 6) is -0.717. The lowest BCUT2D eigenvalue weighted by molar-refractivity contribution is -0.384. The molecule has 8 heteroatoms. The zero-order valence-corrected chi connectivity index (χ0v) is 10.7. The SMILES string of the molecule is CN1C(=O)[C@@](C)(CC(F)(F)F)c2cc([N+](=O)[O-])ccc21. The number of hydrogen-bond donors (Lipinski definition) is 0. The highest BCUT2D eigenvalue weighted by molar-refractivity contribution is 6.07. The van der Waals surface area contributed by atoms with Crippen molar-refractivity contribution in [3.63, 3.8) is 0 Å². The lowest BCUT2D eigenvalue weighted by atomic mass is 9.80. The highest BCUT2D eigenvalue weighted by atomic mass is 19.4. The van der Waals surface area contributed by atoms with Crippen LogP contribution in [-0.4, -0.2) is 24.1 Å². The number of nitrogens with zero attached hydrogens (tertiary/aromatic N) is 2. The van der Waals surface area contributed by atoms with E-state index < -0.39 is 28.8 Å². The van der Waals surface area contributed by atoms with E-state index in [0.717, 1.165) is 17.9 Å². The number of alkyl halides is 3. The number of hydrogen-bond acceptors (Lipinski definition) is 3. The second-order valence-electron chi connectivity index (χ2n) is 4.95. The molecule has 0 spiro atoms. The maximum atomic E-state index is 12.7. The molecular weight excluding hydrogens is 277 g/mol. The second-order valence-corrected chi connectivity index (χ2v) is 4.95. The second kappa shape index (κ2) is 4.19. The highest BCUT2D eigenvalue weighted by Crippen LogP contribution is 2.47. The third-order valence-corrected chi connectivity index (χ3v) is 3.48. The third kappa shape index (κ3) is 2.10. The summed E-state index contributed by atoms with van der Waals surface area (Å²) in [4.78, 5) is 23.2. The Morgan fingerprint density at radius 2 is 2.00 bits per heavy atom. The van der Waals surface area contributed by atoms with Crippen LogP contribution in [0, 0.1) is 10.1 Å². The number of halogens is 3. The van der Waals surface area contributed by atoms with Crippen LogP contribution in [0.5, 0.6) is 0 Å². The van der Waals surface area contributed by atoms with Gasteiger partial charge >= 0.3 is 6.18 Å². The fourth-order valence-corrected chi connectivity index (χ4v) is 2.54. The average molecular weight is 288 g/mol. The van der Waals surface area contributed by atoms with Gasteiger partial charge in [0.2, 0.25) is 5.91 Å². The summed E-state index contributed by atoms with van der Waals surface area (Å²) in [5, 5.41) is 10.7. The van der Waals surface area contributed by atoms with Crippen LogP contribution >= 0.6 is 0 Å². The number of carbonyl (C=O) groups is 1. The van der Waals surface area contributed by atoms with Gasteiger partial charge in [0.05, 0.1) is 16.8 Å². The summed E-state index contributed by atoms with van der Waals surface area (Å²) >= 11 is 0. The Hall–Kier alpha value is -2.12. The number of carbonyl (C=O) groups excluding carboxylic acids is 1. The van der Waals surface area contributed by atoms with Crippen molar-refractivity contribution in [2.45, 2.75) is 24.9 Å². The predicted molar refractivity (Wildman–Crippen MR) is 64.5 cm³/mol. The molecule has 1 heterocycles. The van der Waals surface area contributed by atoms with Gasteiger partial charge in [0.1, 0.15) is 0 Å². The molecule has 0 saturated heterocycles. The number of non-ortho nitro benzene ring substituents is 1. The summed E-state index contributed by atoms with van der Waals surface area (Å²) in [6.45, 7) is 1.16. The molecule has 0 saturated carbocycles. The molecule has 1 amide bonds. The number of benzene rings is 1. The van der Waals surface area contributed by atoms with Crippen molar-refractivity contribution < 1.29 is 22.9 Å². The quantitative estimate of drug-likeness (QED) is 0.621. The molecule has 1 aromatic rings. The fraction of sp³-hybridized carbons (Fsp3) is 0.417. The van der Waals surface area contributed by atoms with Crippen molar-refractivity contribution in [3.8, 4) is 0 Å². The van der Waals surface area contributed by atoms with E-state index in [0.29, 0.717) is 0 Å². The van der Waals surface area contributed by atoms with E-state index >= 15 is 0 Å². The van der Waals surface area contributed by atoms with Crippen LogP contribution < -0.4 is 4.90 Å². The van der Waals surface area contributed by atoms with Gasteiger partial charge in [0.25, 0.3) is 5.69 Å². The topological polar surface area (TPSA) is 63.5 Å². The predicted octanol–water partition coefficient (Wildman–Crippen LogP) is 2.78. The summed E-state index contributed by atoms with van der Waals surface area (Å²) in [5.41, 5.74) is -1.85. The van der Waals surface area contributed by atoms with Gasteiger partial charge in [-0.2, -0.15) is 13.2 Å². The number of likely N-dealkylation sites (N-methyl/N-ethyl adjacent to an activating group) is 1. The molecule has 0 fully saturated rings. The first-order valence-electron chi connectivity index (χ1n) is 5.70. The molecule has 108 valence electrons. The summed E-state index contributed by atoms with van der Waals surface area (Å²) in [7, 11) is 1.36. The molecule has 1 aliphatic rings. The fourth-order valence-electron chi connectivity index (χ4n) is 2.54. The Kier molecular flexibility index (Phi) is 2.99. The maximum absolute atomic E-state index is 12.7. The lowest BCUT2D eigenvalue weighted by Gasteiger charge is -2.24. The molecule has 0 aliphatic carbocycles. The minimum atomic E-state index is -4.54. The first kappa shape index (κ1) is 14.3. The van der Waals surface area contributed by atoms with Gasteiger partial charge in [0, 0.05) is 24.9 Å². The van der Waals surface area contributed by atoms with Gasteiger partial charge in [-0.25, -0.2) is 0 Å². The Bertz CT molecular complexity index is 600. The van der Waals surface area contributed by atoms with Crippen molar-refractivity contribution in [2.24, 2.45) is 0 Å². The summed E-state index contributed by atoms with van der Waals surface area (Å²) in [6, 6.07) is 3.51. The van der Waals surface area contributed by atoms with Gasteiger partial charge in [-0.1, -0.05) is 0 Å². The van der Waals surface area contributed by atoms with Crippen LogP contribution in [-0.2, 0) is 10.2 Å². The maximum Gasteiger partial charge on any atom is 0.390 e. The Morgan fingerprint density at radius 1 is 1.40 bits per heavy atom. The van der Waals surface area contributed by atoms with Crippen molar-refractivity contribution in [2.75, 3.05) is 11.9 Å². The number of rotatable bonds is 2. The number of amides is 1. The van der Waals surface area contributed by atoms with E-state index in [1.165, 1.54) is 19.2 Å². The van der Waals surface area contributed by atoms with E-state index in [-0.39, 0.29) is 16.9 Å². The van der Waals surface area contributed by atoms with E-state index in [9.17, 15) is 28.1 Å². The van der Waals surface area contributed by atoms with Crippen LogP contribution in [0.2, 0.25) is 0 Å². The molecule has 1 aromatic carbocycles. The van der Waals surface area contributed by atoms with Gasteiger partial charge in [-0.15, -0.1) is 0 Å². The molecule has 0 unspecified atom stereocenters. The van der Waals surface area contributed by atoms with Gasteiger partial charge in [-0.3, -0.25) is 14.9 Å². The van der Waals surface area contributed by atoms with E-state index in [4.69, 9.17) is 0 Å². The largest absolute Gasteiger partial charge is 0.390 e. The van der Waals surface area contributed by atoms with Crippen LogP contribution in [0.1, 0.15) is 18.9 Å². The summed E-state index contributed by atoms with van der Waals surface area (Å²) < 4.78 is 38.1. The average Bonchev–Trinajstić information content (AvgIpc) is 2.49. The van der Waals surface area contributed by atoms with Gasteiger partial charge in [-0.05, 0) is 18.6 Å². The number of anilines is 1. The molecule has 0 radical (unpaired) electrons. The molecule has 0 aromatic heterocycles. The van der Waals surface area contributed by atoms with E-state index in [2.05, 4.69) is 0 Å². The monoisotopic (exact) mass is 288 g/mol. The molecule has 1 aliphatic heterocycles. The van der Waals surface area contributed by atoms with Crippen molar-refractivity contribution in [1.29, 1.82) is 0 Å². The molecule has 2 rings (SSSR count). The Balaban J connectivity index is 2.60. The first-order chi connectivity index (χ1) is 9.06. The number of fused-ring (bicyclic) bond motifs is 1. The van der Waals surface area contributed by atoms with Gasteiger partial charge < -0.3 is 4.90 Å². The minimum absolute atomic E-state index is 0.0384. The smallest absolute Gasteiger partial charge is 0.314 e. The standard InChI is InChI=1S/C12H11F3N2O3/c1-11(6-12(13,14)15)8-5-7(17(19)20)3-4-9(8)16(2)10(11)18/h3-5H,6H2,1-2H3/t11-/m0/s1. The van der Waals surface area contributed by atoms with Crippen LogP contribution in [0.25, 0.3) is 0 Å². The molecule has 1 atom stereocenters. The highest BCUT2D eigenvalue weighted by Gasteiger charge is 2.52. The van der Waals surface area contributed by atoms with Gasteiger partial charge in [0.15, 0.2) is 0 Å². The minimum Gasteiger partial charge on any atom is -0.314 e. The van der Waals surface area contributed by atoms with Crippen molar-refractivity contribution >= 4 is 17.3 Å². The number of nitro groups is 1. The van der Waals surface area contributed by atoms with Crippen LogP contribution in [0.15, 0.2) is 18.2 Å². The van der Waals surface area contributed by atoms with Crippen molar-refractivity contribution in [1.82, 2.24) is 0 Å². The van der Waals surface area contributed by atoms with E-state index in [1.54, 1.807) is 0 Å². The summed E-state index contributed by atoms with van der Waals surface area (Å²) in [6.07, 6.45) is -5.89. The molecular formula is C12H11F3N2O3. The van der Waals surface area contributed by atoms with Crippen molar-refractivity contribution in [3.05, 3.63) is 33.9 Å². The van der Waals surface area contributed by atoms with Crippen LogP contribution in [0.4, 0.5) is 24.5 Å². The zero-order valence-electron chi connectivity index (χ0n) is 10.7. The van der Waals surface area contributed by atoms with Crippen LogP contribution in [0.3, 0.4) is 0 Å². The Morgan fingerprint density at radius 3 is 2.50 bits per heavy atom. The molecule has 5 nitrogen and oxygen atoms in total. The zero-order chi connectivity index (χ0) is 15.3. The normalized spacial score (nSPS) is 22.1.